The Morgan fingerprint density at radius 1 is 1.25 bits per heavy atom. The number of halogens is 2. The minimum Gasteiger partial charge on any atom is -0.422 e. The van der Waals surface area contributed by atoms with E-state index in [9.17, 15) is 10.1 Å². The predicted octanol–water partition coefficient (Wildman–Crippen LogP) is 6.40. The summed E-state index contributed by atoms with van der Waals surface area (Å²) in [7, 11) is 0. The molecule has 0 atom stereocenters. The zero-order valence-corrected chi connectivity index (χ0v) is 17.3. The highest BCUT2D eigenvalue weighted by Crippen LogP contribution is 2.29. The van der Waals surface area contributed by atoms with E-state index in [-0.39, 0.29) is 0 Å². The molecule has 2 heterocycles. The van der Waals surface area contributed by atoms with Gasteiger partial charge in [-0.1, -0.05) is 45.7 Å². The molecule has 0 spiro atoms. The number of nitrogens with zero attached hydrogens (tertiary/aromatic N) is 2. The van der Waals surface area contributed by atoms with Gasteiger partial charge >= 0.3 is 5.63 Å². The normalized spacial score (nSPS) is 11.5. The SMILES string of the molecule is N#C/C(=C\c1ccccc1Cl)c1nc(-c2cc3cc(Br)ccc3oc2=O)cs1. The number of hydrogen-bond acceptors (Lipinski definition) is 5. The van der Waals surface area contributed by atoms with Crippen molar-refractivity contribution in [2.24, 2.45) is 0 Å². The highest BCUT2D eigenvalue weighted by Gasteiger charge is 2.14. The summed E-state index contributed by atoms with van der Waals surface area (Å²) < 4.78 is 6.28. The summed E-state index contributed by atoms with van der Waals surface area (Å²) in [6.45, 7) is 0. The molecule has 136 valence electrons. The number of aromatic nitrogens is 1. The van der Waals surface area contributed by atoms with E-state index in [1.807, 2.05) is 30.3 Å². The number of thiazole rings is 1. The maximum Gasteiger partial charge on any atom is 0.345 e. The summed E-state index contributed by atoms with van der Waals surface area (Å²) in [5.41, 5.74) is 1.95. The van der Waals surface area contributed by atoms with Gasteiger partial charge in [-0.3, -0.25) is 0 Å². The van der Waals surface area contributed by atoms with Crippen molar-refractivity contribution >= 4 is 61.5 Å². The fraction of sp³-hybridized carbons (Fsp3) is 0. The lowest BCUT2D eigenvalue weighted by Crippen LogP contribution is -2.02. The Morgan fingerprint density at radius 2 is 2.07 bits per heavy atom. The highest BCUT2D eigenvalue weighted by atomic mass is 79.9. The number of fused-ring (bicyclic) bond motifs is 1. The second-order valence-electron chi connectivity index (χ2n) is 5.86. The fourth-order valence-electron chi connectivity index (χ4n) is 2.68. The quantitative estimate of drug-likeness (QED) is 0.257. The predicted molar refractivity (Wildman–Crippen MR) is 116 cm³/mol. The summed E-state index contributed by atoms with van der Waals surface area (Å²) in [6, 6.07) is 16.6. The molecular formula is C21H10BrClN2O2S. The van der Waals surface area contributed by atoms with E-state index < -0.39 is 5.63 Å². The van der Waals surface area contributed by atoms with Gasteiger partial charge < -0.3 is 4.42 Å². The first kappa shape index (κ1) is 18.6. The number of allylic oxidation sites excluding steroid dienone is 1. The van der Waals surface area contributed by atoms with Crippen molar-refractivity contribution in [2.45, 2.75) is 0 Å². The fourth-order valence-corrected chi connectivity index (χ4v) is 4.04. The van der Waals surface area contributed by atoms with Crippen LogP contribution in [-0.2, 0) is 0 Å². The van der Waals surface area contributed by atoms with Gasteiger partial charge in [0.25, 0.3) is 0 Å². The molecule has 0 fully saturated rings. The summed E-state index contributed by atoms with van der Waals surface area (Å²) >= 11 is 10.9. The van der Waals surface area contributed by atoms with Crippen molar-refractivity contribution < 1.29 is 4.42 Å². The van der Waals surface area contributed by atoms with Crippen LogP contribution in [-0.4, -0.2) is 4.98 Å². The average molecular weight is 470 g/mol. The molecule has 4 nitrogen and oxygen atoms in total. The van der Waals surface area contributed by atoms with Crippen molar-refractivity contribution in [3.05, 3.63) is 84.4 Å². The molecule has 0 amide bonds. The average Bonchev–Trinajstić information content (AvgIpc) is 3.17. The Kier molecular flexibility index (Phi) is 5.14. The Morgan fingerprint density at radius 3 is 2.86 bits per heavy atom. The highest BCUT2D eigenvalue weighted by molar-refractivity contribution is 9.10. The van der Waals surface area contributed by atoms with Gasteiger partial charge in [0.05, 0.1) is 16.8 Å². The molecule has 2 aromatic heterocycles. The Hall–Kier alpha value is -2.72. The first-order chi connectivity index (χ1) is 13.5. The lowest BCUT2D eigenvalue weighted by atomic mass is 10.1. The van der Waals surface area contributed by atoms with Gasteiger partial charge in [0.2, 0.25) is 0 Å². The van der Waals surface area contributed by atoms with Crippen LogP contribution in [0.3, 0.4) is 0 Å². The number of hydrogen-bond donors (Lipinski definition) is 0. The molecule has 0 aliphatic carbocycles. The van der Waals surface area contributed by atoms with Crippen molar-refractivity contribution in [1.82, 2.24) is 4.98 Å². The van der Waals surface area contributed by atoms with Gasteiger partial charge in [0, 0.05) is 20.3 Å². The maximum absolute atomic E-state index is 12.4. The van der Waals surface area contributed by atoms with Crippen molar-refractivity contribution in [3.8, 4) is 17.3 Å². The van der Waals surface area contributed by atoms with Crippen LogP contribution in [0.15, 0.2) is 67.6 Å². The van der Waals surface area contributed by atoms with Gasteiger partial charge in [-0.15, -0.1) is 11.3 Å². The van der Waals surface area contributed by atoms with E-state index >= 15 is 0 Å². The summed E-state index contributed by atoms with van der Waals surface area (Å²) in [5, 5.41) is 13.1. The van der Waals surface area contributed by atoms with E-state index in [2.05, 4.69) is 27.0 Å². The van der Waals surface area contributed by atoms with Crippen LogP contribution in [0.4, 0.5) is 0 Å². The maximum atomic E-state index is 12.4. The van der Waals surface area contributed by atoms with Gasteiger partial charge in [0.1, 0.15) is 16.7 Å². The zero-order valence-electron chi connectivity index (χ0n) is 14.1. The van der Waals surface area contributed by atoms with Crippen LogP contribution in [0.2, 0.25) is 5.02 Å². The lowest BCUT2D eigenvalue weighted by molar-refractivity contribution is 0.563. The number of nitriles is 1. The zero-order chi connectivity index (χ0) is 19.7. The Labute approximate surface area is 177 Å². The first-order valence-electron chi connectivity index (χ1n) is 8.11. The van der Waals surface area contributed by atoms with E-state index in [0.717, 1.165) is 15.4 Å². The monoisotopic (exact) mass is 468 g/mol. The third kappa shape index (κ3) is 3.65. The van der Waals surface area contributed by atoms with Gasteiger partial charge in [-0.25, -0.2) is 9.78 Å². The molecule has 28 heavy (non-hydrogen) atoms. The molecular weight excluding hydrogens is 460 g/mol. The van der Waals surface area contributed by atoms with Gasteiger partial charge in [0.15, 0.2) is 0 Å². The van der Waals surface area contributed by atoms with E-state index in [4.69, 9.17) is 16.0 Å². The molecule has 4 aromatic rings. The Balaban J connectivity index is 1.78. The Bertz CT molecular complexity index is 1330. The smallest absolute Gasteiger partial charge is 0.345 e. The summed E-state index contributed by atoms with van der Waals surface area (Å²) in [4.78, 5) is 16.9. The molecule has 7 heteroatoms. The molecule has 0 aliphatic rings. The second kappa shape index (κ2) is 7.72. The minimum atomic E-state index is -0.472. The molecule has 0 unspecified atom stereocenters. The minimum absolute atomic E-state index is 0.350. The topological polar surface area (TPSA) is 66.9 Å². The van der Waals surface area contributed by atoms with Crippen LogP contribution in [0, 0.1) is 11.3 Å². The van der Waals surface area contributed by atoms with Crippen molar-refractivity contribution in [2.75, 3.05) is 0 Å². The third-order valence-corrected chi connectivity index (χ3v) is 5.74. The molecule has 0 saturated heterocycles. The molecule has 4 rings (SSSR count). The molecule has 0 bridgehead atoms. The molecule has 0 aliphatic heterocycles. The molecule has 2 aromatic carbocycles. The summed E-state index contributed by atoms with van der Waals surface area (Å²) in [6.07, 6.45) is 1.69. The molecule has 0 saturated carbocycles. The molecule has 0 N–H and O–H groups in total. The summed E-state index contributed by atoms with van der Waals surface area (Å²) in [5.74, 6) is 0. The van der Waals surface area contributed by atoms with E-state index in [1.54, 1.807) is 29.7 Å². The largest absolute Gasteiger partial charge is 0.422 e. The third-order valence-electron chi connectivity index (χ3n) is 4.03. The van der Waals surface area contributed by atoms with Crippen LogP contribution in [0.25, 0.3) is 33.9 Å². The van der Waals surface area contributed by atoms with E-state index in [0.29, 0.717) is 32.4 Å². The van der Waals surface area contributed by atoms with Crippen LogP contribution in [0.1, 0.15) is 10.6 Å². The van der Waals surface area contributed by atoms with Gasteiger partial charge in [-0.2, -0.15) is 5.26 Å². The lowest BCUT2D eigenvalue weighted by Gasteiger charge is -2.00. The second-order valence-corrected chi connectivity index (χ2v) is 8.04. The van der Waals surface area contributed by atoms with Crippen molar-refractivity contribution in [1.29, 1.82) is 5.26 Å². The number of rotatable bonds is 3. The standard InChI is InChI=1S/C21H10BrClN2O2S/c22-15-5-6-19-13(8-15)9-16(21(26)27-19)18-11-28-20(25-18)14(10-24)7-12-3-1-2-4-17(12)23/h1-9,11H/b14-7+. The first-order valence-corrected chi connectivity index (χ1v) is 10.2. The van der Waals surface area contributed by atoms with Crippen LogP contribution < -0.4 is 5.63 Å². The molecule has 0 radical (unpaired) electrons. The van der Waals surface area contributed by atoms with Crippen LogP contribution >= 0.6 is 38.9 Å². The number of benzene rings is 2. The van der Waals surface area contributed by atoms with Crippen LogP contribution in [0.5, 0.6) is 0 Å². The van der Waals surface area contributed by atoms with Gasteiger partial charge in [-0.05, 0) is 42.0 Å². The van der Waals surface area contributed by atoms with Crippen molar-refractivity contribution in [3.63, 3.8) is 0 Å². The van der Waals surface area contributed by atoms with E-state index in [1.165, 1.54) is 11.3 Å².